The summed E-state index contributed by atoms with van der Waals surface area (Å²) >= 11 is 7.45. The lowest BCUT2D eigenvalue weighted by atomic mass is 10.2. The van der Waals surface area contributed by atoms with Crippen LogP contribution in [0.3, 0.4) is 0 Å². The number of halogens is 2. The van der Waals surface area contributed by atoms with E-state index in [1.54, 1.807) is 11.3 Å². The number of anilines is 1. The number of rotatable bonds is 5. The van der Waals surface area contributed by atoms with Crippen molar-refractivity contribution in [3.63, 3.8) is 0 Å². The first kappa shape index (κ1) is 20.0. The normalized spacial score (nSPS) is 10.5. The standard InChI is InChI=1S/C20H17ClFN3O2S/c1-12-17(28-20(24-12)13-2-4-14(21)5-3-13)10-11-23-18(26)19(27)25-16-8-6-15(22)7-9-16/h2-9H,10-11H2,1H3,(H,23,26)(H,25,27). The molecule has 0 bridgehead atoms. The molecule has 0 unspecified atom stereocenters. The Morgan fingerprint density at radius 1 is 1.07 bits per heavy atom. The maximum atomic E-state index is 12.9. The number of carbonyl (C=O) groups is 2. The number of aryl methyl sites for hydroxylation is 1. The molecular formula is C20H17ClFN3O2S. The lowest BCUT2D eigenvalue weighted by molar-refractivity contribution is -0.136. The Morgan fingerprint density at radius 2 is 1.75 bits per heavy atom. The zero-order valence-corrected chi connectivity index (χ0v) is 16.5. The summed E-state index contributed by atoms with van der Waals surface area (Å²) in [5.74, 6) is -1.96. The van der Waals surface area contributed by atoms with Crippen LogP contribution in [0.5, 0.6) is 0 Å². The lowest BCUT2D eigenvalue weighted by Gasteiger charge is -2.06. The molecule has 0 fully saturated rings. The van der Waals surface area contributed by atoms with Gasteiger partial charge in [-0.1, -0.05) is 23.7 Å². The molecular weight excluding hydrogens is 401 g/mol. The second-order valence-corrected chi connectivity index (χ2v) is 7.52. The van der Waals surface area contributed by atoms with E-state index in [4.69, 9.17) is 11.6 Å². The van der Waals surface area contributed by atoms with Crippen LogP contribution >= 0.6 is 22.9 Å². The van der Waals surface area contributed by atoms with Crippen molar-refractivity contribution in [3.8, 4) is 10.6 Å². The fraction of sp³-hybridized carbons (Fsp3) is 0.150. The van der Waals surface area contributed by atoms with Crippen LogP contribution in [0.1, 0.15) is 10.6 Å². The molecule has 2 aromatic carbocycles. The van der Waals surface area contributed by atoms with Gasteiger partial charge < -0.3 is 10.6 Å². The van der Waals surface area contributed by atoms with Crippen LogP contribution in [0.15, 0.2) is 48.5 Å². The van der Waals surface area contributed by atoms with Gasteiger partial charge in [0.25, 0.3) is 0 Å². The molecule has 5 nitrogen and oxygen atoms in total. The molecule has 2 N–H and O–H groups in total. The van der Waals surface area contributed by atoms with Gasteiger partial charge in [0.05, 0.1) is 5.69 Å². The Bertz CT molecular complexity index is 988. The number of nitrogens with one attached hydrogen (secondary N) is 2. The van der Waals surface area contributed by atoms with Crippen LogP contribution in [0.2, 0.25) is 5.02 Å². The molecule has 3 aromatic rings. The maximum Gasteiger partial charge on any atom is 0.313 e. The summed E-state index contributed by atoms with van der Waals surface area (Å²) in [5, 5.41) is 6.55. The lowest BCUT2D eigenvalue weighted by Crippen LogP contribution is -2.36. The first-order valence-electron chi connectivity index (χ1n) is 8.49. The van der Waals surface area contributed by atoms with Gasteiger partial charge in [-0.15, -0.1) is 11.3 Å². The van der Waals surface area contributed by atoms with Gasteiger partial charge in [-0.3, -0.25) is 9.59 Å². The molecule has 0 spiro atoms. The monoisotopic (exact) mass is 417 g/mol. The highest BCUT2D eigenvalue weighted by atomic mass is 35.5. The number of amides is 2. The van der Waals surface area contributed by atoms with Crippen molar-refractivity contribution in [1.82, 2.24) is 10.3 Å². The van der Waals surface area contributed by atoms with Crippen molar-refractivity contribution in [2.45, 2.75) is 13.3 Å². The molecule has 0 aliphatic rings. The minimum Gasteiger partial charge on any atom is -0.347 e. The predicted molar refractivity (Wildman–Crippen MR) is 109 cm³/mol. The molecule has 144 valence electrons. The van der Waals surface area contributed by atoms with E-state index >= 15 is 0 Å². The second-order valence-electron chi connectivity index (χ2n) is 6.00. The number of thiazole rings is 1. The van der Waals surface area contributed by atoms with Gasteiger partial charge in [0.2, 0.25) is 0 Å². The van der Waals surface area contributed by atoms with E-state index in [1.165, 1.54) is 24.3 Å². The molecule has 0 saturated heterocycles. The van der Waals surface area contributed by atoms with Crippen LogP contribution in [0.4, 0.5) is 10.1 Å². The van der Waals surface area contributed by atoms with Crippen molar-refractivity contribution in [2.75, 3.05) is 11.9 Å². The van der Waals surface area contributed by atoms with Crippen LogP contribution < -0.4 is 10.6 Å². The van der Waals surface area contributed by atoms with Gasteiger partial charge in [-0.2, -0.15) is 0 Å². The molecule has 0 aliphatic heterocycles. The number of aromatic nitrogens is 1. The zero-order valence-electron chi connectivity index (χ0n) is 15.0. The topological polar surface area (TPSA) is 71.1 Å². The highest BCUT2D eigenvalue weighted by Crippen LogP contribution is 2.28. The Balaban J connectivity index is 1.53. The molecule has 8 heteroatoms. The van der Waals surface area contributed by atoms with Crippen molar-refractivity contribution < 1.29 is 14.0 Å². The molecule has 0 atom stereocenters. The van der Waals surface area contributed by atoms with Gasteiger partial charge in [0.1, 0.15) is 10.8 Å². The van der Waals surface area contributed by atoms with Crippen molar-refractivity contribution in [3.05, 3.63) is 69.9 Å². The number of carbonyl (C=O) groups excluding carboxylic acids is 2. The Labute approximate surface area is 170 Å². The summed E-state index contributed by atoms with van der Waals surface area (Å²) in [5.41, 5.74) is 2.22. The molecule has 1 aromatic heterocycles. The van der Waals surface area contributed by atoms with E-state index in [0.29, 0.717) is 23.7 Å². The van der Waals surface area contributed by atoms with Crippen molar-refractivity contribution in [2.24, 2.45) is 0 Å². The minimum atomic E-state index is -0.797. The first-order valence-corrected chi connectivity index (χ1v) is 9.69. The highest BCUT2D eigenvalue weighted by Gasteiger charge is 2.14. The van der Waals surface area contributed by atoms with Crippen molar-refractivity contribution >= 4 is 40.4 Å². The van der Waals surface area contributed by atoms with E-state index < -0.39 is 17.6 Å². The van der Waals surface area contributed by atoms with Gasteiger partial charge in [0.15, 0.2) is 0 Å². The van der Waals surface area contributed by atoms with Gasteiger partial charge in [0, 0.05) is 34.1 Å². The third kappa shape index (κ3) is 5.15. The summed E-state index contributed by atoms with van der Waals surface area (Å²) in [6, 6.07) is 12.6. The molecule has 0 saturated carbocycles. The van der Waals surface area contributed by atoms with Gasteiger partial charge in [-0.05, 0) is 43.3 Å². The fourth-order valence-corrected chi connectivity index (χ4v) is 3.66. The third-order valence-electron chi connectivity index (χ3n) is 3.93. The molecule has 2 amide bonds. The molecule has 28 heavy (non-hydrogen) atoms. The summed E-state index contributed by atoms with van der Waals surface area (Å²) in [4.78, 5) is 29.4. The average Bonchev–Trinajstić information content (AvgIpc) is 3.04. The van der Waals surface area contributed by atoms with Crippen molar-refractivity contribution in [1.29, 1.82) is 0 Å². The number of hydrogen-bond acceptors (Lipinski definition) is 4. The van der Waals surface area contributed by atoms with Gasteiger partial charge in [-0.25, -0.2) is 9.37 Å². The van der Waals surface area contributed by atoms with Crippen LogP contribution in [-0.4, -0.2) is 23.3 Å². The molecule has 0 aliphatic carbocycles. The Hall–Kier alpha value is -2.77. The quantitative estimate of drug-likeness (QED) is 0.611. The molecule has 0 radical (unpaired) electrons. The van der Waals surface area contributed by atoms with Gasteiger partial charge >= 0.3 is 11.8 Å². The average molecular weight is 418 g/mol. The van der Waals surface area contributed by atoms with Crippen LogP contribution in [0, 0.1) is 12.7 Å². The van der Waals surface area contributed by atoms with E-state index in [1.807, 2.05) is 31.2 Å². The fourth-order valence-electron chi connectivity index (χ4n) is 2.47. The summed E-state index contributed by atoms with van der Waals surface area (Å²) in [6.07, 6.45) is 0.562. The molecule has 1 heterocycles. The molecule has 3 rings (SSSR count). The first-order chi connectivity index (χ1) is 13.4. The summed E-state index contributed by atoms with van der Waals surface area (Å²) < 4.78 is 12.9. The summed E-state index contributed by atoms with van der Waals surface area (Å²) in [6.45, 7) is 2.22. The number of benzene rings is 2. The third-order valence-corrected chi connectivity index (χ3v) is 5.45. The van der Waals surface area contributed by atoms with E-state index in [9.17, 15) is 14.0 Å². The Kier molecular flexibility index (Phi) is 6.38. The highest BCUT2D eigenvalue weighted by molar-refractivity contribution is 7.15. The maximum absolute atomic E-state index is 12.9. The predicted octanol–water partition coefficient (Wildman–Crippen LogP) is 4.21. The largest absolute Gasteiger partial charge is 0.347 e. The van der Waals surface area contributed by atoms with E-state index in [0.717, 1.165) is 21.1 Å². The number of nitrogens with zero attached hydrogens (tertiary/aromatic N) is 1. The Morgan fingerprint density at radius 3 is 2.43 bits per heavy atom. The smallest absolute Gasteiger partial charge is 0.313 e. The zero-order chi connectivity index (χ0) is 20.1. The van der Waals surface area contributed by atoms with Crippen LogP contribution in [0.25, 0.3) is 10.6 Å². The SMILES string of the molecule is Cc1nc(-c2ccc(Cl)cc2)sc1CCNC(=O)C(=O)Nc1ccc(F)cc1. The van der Waals surface area contributed by atoms with Crippen LogP contribution in [-0.2, 0) is 16.0 Å². The summed E-state index contributed by atoms with van der Waals surface area (Å²) in [7, 11) is 0. The number of hydrogen-bond donors (Lipinski definition) is 2. The minimum absolute atomic E-state index is 0.304. The van der Waals surface area contributed by atoms with E-state index in [-0.39, 0.29) is 0 Å². The van der Waals surface area contributed by atoms with E-state index in [2.05, 4.69) is 15.6 Å². The second kappa shape index (κ2) is 8.95.